The second-order valence-corrected chi connectivity index (χ2v) is 14.0. The first-order valence-electron chi connectivity index (χ1n) is 15.3. The van der Waals surface area contributed by atoms with Crippen molar-refractivity contribution in [3.8, 4) is 0 Å². The zero-order valence-corrected chi connectivity index (χ0v) is 24.0. The van der Waals surface area contributed by atoms with Crippen LogP contribution in [0.2, 0.25) is 0 Å². The van der Waals surface area contributed by atoms with E-state index in [-0.39, 0.29) is 66.8 Å². The Morgan fingerprint density at radius 1 is 1.12 bits per heavy atom. The predicted molar refractivity (Wildman–Crippen MR) is 140 cm³/mol. The van der Waals surface area contributed by atoms with Crippen molar-refractivity contribution in [2.24, 2.45) is 28.6 Å². The number of allylic oxidation sites excluding steroid dienone is 1. The second-order valence-electron chi connectivity index (χ2n) is 14.0. The molecule has 8 rings (SSSR count). The highest BCUT2D eigenvalue weighted by Crippen LogP contribution is 2.70. The van der Waals surface area contributed by atoms with Gasteiger partial charge in [0.05, 0.1) is 18.3 Å². The van der Waals surface area contributed by atoms with Gasteiger partial charge in [-0.1, -0.05) is 25.5 Å². The van der Waals surface area contributed by atoms with Crippen molar-refractivity contribution in [3.63, 3.8) is 0 Å². The fraction of sp³-hybridized carbons (Fsp3) is 0.806. The number of esters is 2. The highest BCUT2D eigenvalue weighted by Gasteiger charge is 2.71. The van der Waals surface area contributed by atoms with E-state index in [1.54, 1.807) is 6.08 Å². The van der Waals surface area contributed by atoms with Crippen molar-refractivity contribution < 1.29 is 47.9 Å². The van der Waals surface area contributed by atoms with E-state index in [0.717, 1.165) is 37.7 Å². The summed E-state index contributed by atoms with van der Waals surface area (Å²) in [5.74, 6) is -1.82. The van der Waals surface area contributed by atoms with Crippen LogP contribution in [-0.2, 0) is 42.7 Å². The van der Waals surface area contributed by atoms with Crippen molar-refractivity contribution in [2.75, 3.05) is 20.0 Å². The molecule has 41 heavy (non-hydrogen) atoms. The van der Waals surface area contributed by atoms with E-state index in [1.165, 1.54) is 12.5 Å². The molecule has 3 saturated carbocycles. The van der Waals surface area contributed by atoms with Crippen LogP contribution in [-0.4, -0.2) is 79.1 Å². The van der Waals surface area contributed by atoms with Gasteiger partial charge < -0.3 is 38.3 Å². The van der Waals surface area contributed by atoms with Crippen LogP contribution in [0.3, 0.4) is 0 Å². The van der Waals surface area contributed by atoms with Gasteiger partial charge in [-0.15, -0.1) is 0 Å². The number of fused-ring (bicyclic) bond motifs is 6. The maximum absolute atomic E-state index is 12.8. The Hall–Kier alpha value is -1.82. The molecule has 10 nitrogen and oxygen atoms in total. The van der Waals surface area contributed by atoms with Gasteiger partial charge in [0, 0.05) is 37.2 Å². The number of carbonyl (C=O) groups is 2. The lowest BCUT2D eigenvalue weighted by Gasteiger charge is -2.63. The highest BCUT2D eigenvalue weighted by atomic mass is 16.9. The van der Waals surface area contributed by atoms with Crippen LogP contribution in [0.5, 0.6) is 0 Å². The molecule has 1 N–H and O–H groups in total. The first kappa shape index (κ1) is 26.8. The van der Waals surface area contributed by atoms with Gasteiger partial charge in [-0.2, -0.15) is 0 Å². The fourth-order valence-electron chi connectivity index (χ4n) is 10.5. The van der Waals surface area contributed by atoms with Gasteiger partial charge in [-0.05, 0) is 54.9 Å². The third-order valence-electron chi connectivity index (χ3n) is 12.3. The normalized spacial score (nSPS) is 53.4. The van der Waals surface area contributed by atoms with Crippen molar-refractivity contribution in [3.05, 3.63) is 23.3 Å². The molecule has 0 aromatic heterocycles. The van der Waals surface area contributed by atoms with E-state index in [1.807, 2.05) is 0 Å². The third-order valence-corrected chi connectivity index (χ3v) is 12.3. The van der Waals surface area contributed by atoms with E-state index in [4.69, 9.17) is 33.2 Å². The molecule has 8 aliphatic rings. The minimum absolute atomic E-state index is 0.00822. The lowest BCUT2D eigenvalue weighted by atomic mass is 9.45. The Morgan fingerprint density at radius 2 is 1.98 bits per heavy atom. The molecule has 0 aromatic rings. The van der Waals surface area contributed by atoms with E-state index in [9.17, 15) is 14.7 Å². The Bertz CT molecular complexity index is 1230. The summed E-state index contributed by atoms with van der Waals surface area (Å²) in [4.78, 5) is 24.3. The van der Waals surface area contributed by atoms with Gasteiger partial charge >= 0.3 is 11.9 Å². The third kappa shape index (κ3) is 3.52. The van der Waals surface area contributed by atoms with E-state index in [2.05, 4.69) is 19.9 Å². The van der Waals surface area contributed by atoms with Crippen LogP contribution in [0.1, 0.15) is 65.7 Å². The summed E-state index contributed by atoms with van der Waals surface area (Å²) in [5, 5.41) is 12.8. The number of hydrogen-bond donors (Lipinski definition) is 1. The topological polar surface area (TPSA) is 119 Å². The molecule has 0 bridgehead atoms. The van der Waals surface area contributed by atoms with Gasteiger partial charge in [0.25, 0.3) is 0 Å². The van der Waals surface area contributed by atoms with E-state index >= 15 is 0 Å². The first-order chi connectivity index (χ1) is 19.6. The van der Waals surface area contributed by atoms with Gasteiger partial charge in [-0.3, -0.25) is 4.79 Å². The van der Waals surface area contributed by atoms with Crippen LogP contribution < -0.4 is 0 Å². The summed E-state index contributed by atoms with van der Waals surface area (Å²) < 4.78 is 42.3. The minimum Gasteiger partial charge on any atom is -0.462 e. The molecule has 4 aliphatic carbocycles. The molecular formula is C31H40O10. The molecule has 0 amide bonds. The molecule has 0 unspecified atom stereocenters. The molecule has 1 spiro atoms. The molecule has 4 heterocycles. The summed E-state index contributed by atoms with van der Waals surface area (Å²) >= 11 is 0. The summed E-state index contributed by atoms with van der Waals surface area (Å²) in [5.41, 5.74) is 0.384. The van der Waals surface area contributed by atoms with Gasteiger partial charge in [0.15, 0.2) is 6.79 Å². The number of cyclic esters (lactones) is 1. The van der Waals surface area contributed by atoms with Crippen LogP contribution >= 0.6 is 0 Å². The average molecular weight is 573 g/mol. The van der Waals surface area contributed by atoms with E-state index < -0.39 is 29.2 Å². The monoisotopic (exact) mass is 572 g/mol. The van der Waals surface area contributed by atoms with Gasteiger partial charge in [0.1, 0.15) is 24.9 Å². The summed E-state index contributed by atoms with van der Waals surface area (Å²) in [7, 11) is 0. The molecule has 3 saturated heterocycles. The molecule has 0 aromatic carbocycles. The number of ether oxygens (including phenoxy) is 7. The Morgan fingerprint density at radius 3 is 2.76 bits per heavy atom. The van der Waals surface area contributed by atoms with Gasteiger partial charge in [-0.25, -0.2) is 4.79 Å². The lowest BCUT2D eigenvalue weighted by Crippen LogP contribution is -2.67. The molecule has 0 radical (unpaired) electrons. The van der Waals surface area contributed by atoms with Crippen LogP contribution in [0.25, 0.3) is 0 Å². The number of aliphatic hydroxyl groups is 1. The molecule has 12 atom stereocenters. The zero-order chi connectivity index (χ0) is 28.4. The minimum atomic E-state index is -1.06. The first-order valence-corrected chi connectivity index (χ1v) is 15.3. The summed E-state index contributed by atoms with van der Waals surface area (Å²) in [6.07, 6.45) is 7.20. The lowest BCUT2D eigenvalue weighted by molar-refractivity contribution is -0.421. The predicted octanol–water partition coefficient (Wildman–Crippen LogP) is 2.91. The molecule has 6 fully saturated rings. The molecule has 4 aliphatic heterocycles. The zero-order valence-electron chi connectivity index (χ0n) is 24.0. The standard InChI is InChI=1S/C31H40O10/c1-16(32)39-23-13-30(34)20-5-4-18-11-21-22(41-31-24(37-15-38-31)7-9-35-27(31)40-21)12-28(18,2)19(20)6-8-29(30,3)26(23)17-10-25(33)36-14-17/h10-11,19-24,26-27,34H,4-9,12-15H2,1-3H3/t19-,20-,21+,22-,23+,24-,26+,27+,28+,29-,30+,31+/m1/s1. The maximum Gasteiger partial charge on any atom is 0.331 e. The molecule has 224 valence electrons. The fourth-order valence-corrected chi connectivity index (χ4v) is 10.5. The largest absolute Gasteiger partial charge is 0.462 e. The van der Waals surface area contributed by atoms with Crippen LogP contribution in [0.4, 0.5) is 0 Å². The Labute approximate surface area is 239 Å². The van der Waals surface area contributed by atoms with Crippen LogP contribution in [0.15, 0.2) is 23.3 Å². The molecule has 10 heteroatoms. The SMILES string of the molecule is CC(=O)O[C@H]1C[C@]2(O)[C@@H]3CCC4=C[C@@H]5O[C@@H]6OCC[C@H]7OCO[C@@]67O[C@@H]5C[C@]4(C)[C@@H]3CC[C@]2(C)[C@H]1C1=CC(=O)OC1. The van der Waals surface area contributed by atoms with Crippen molar-refractivity contribution in [2.45, 2.75) is 108 Å². The maximum atomic E-state index is 12.8. The summed E-state index contributed by atoms with van der Waals surface area (Å²) in [6, 6.07) is 0. The van der Waals surface area contributed by atoms with Gasteiger partial charge in [0.2, 0.25) is 12.1 Å². The van der Waals surface area contributed by atoms with Crippen molar-refractivity contribution in [1.29, 1.82) is 0 Å². The highest BCUT2D eigenvalue weighted by molar-refractivity contribution is 5.85. The number of rotatable bonds is 2. The van der Waals surface area contributed by atoms with Crippen molar-refractivity contribution >= 4 is 11.9 Å². The van der Waals surface area contributed by atoms with Crippen molar-refractivity contribution in [1.82, 2.24) is 0 Å². The Balaban J connectivity index is 1.12. The number of hydrogen-bond acceptors (Lipinski definition) is 10. The van der Waals surface area contributed by atoms with E-state index in [0.29, 0.717) is 19.4 Å². The number of carbonyl (C=O) groups excluding carboxylic acids is 2. The molecular weight excluding hydrogens is 532 g/mol. The smallest absolute Gasteiger partial charge is 0.331 e. The Kier molecular flexibility index (Phi) is 5.79. The average Bonchev–Trinajstić information content (AvgIpc) is 3.58. The second kappa shape index (κ2) is 8.86. The van der Waals surface area contributed by atoms with Crippen LogP contribution in [0, 0.1) is 28.6 Å². The summed E-state index contributed by atoms with van der Waals surface area (Å²) in [6.45, 7) is 6.76. The quantitative estimate of drug-likeness (QED) is 0.391.